The van der Waals surface area contributed by atoms with Crippen LogP contribution in [0.2, 0.25) is 0 Å². The van der Waals surface area contributed by atoms with Gasteiger partial charge in [-0.1, -0.05) is 30.3 Å². The molecule has 0 spiro atoms. The zero-order valence-electron chi connectivity index (χ0n) is 16.1. The number of likely N-dealkylation sites (tertiary alicyclic amines) is 1. The van der Waals surface area contributed by atoms with Crippen LogP contribution in [0, 0.1) is 25.6 Å². The minimum absolute atomic E-state index is 0.0595. The second-order valence-electron chi connectivity index (χ2n) is 7.39. The third kappa shape index (κ3) is 3.44. The first-order chi connectivity index (χ1) is 13.8. The van der Waals surface area contributed by atoms with Crippen molar-refractivity contribution < 1.29 is 19.1 Å². The van der Waals surface area contributed by atoms with E-state index >= 15 is 0 Å². The number of hydrogen-bond acceptors (Lipinski definition) is 4. The second kappa shape index (κ2) is 7.24. The van der Waals surface area contributed by atoms with E-state index in [1.165, 1.54) is 11.0 Å². The molecule has 0 radical (unpaired) electrons. The highest BCUT2D eigenvalue weighted by Crippen LogP contribution is 2.34. The van der Waals surface area contributed by atoms with Gasteiger partial charge in [0.25, 0.3) is 5.91 Å². The third-order valence-corrected chi connectivity index (χ3v) is 5.53. The molecule has 6 nitrogen and oxygen atoms in total. The van der Waals surface area contributed by atoms with Gasteiger partial charge >= 0.3 is 5.97 Å². The summed E-state index contributed by atoms with van der Waals surface area (Å²) in [6.07, 6.45) is 0. The van der Waals surface area contributed by atoms with Crippen molar-refractivity contribution >= 4 is 22.9 Å². The molecule has 0 saturated carbocycles. The van der Waals surface area contributed by atoms with Crippen molar-refractivity contribution in [3.63, 3.8) is 0 Å². The number of aromatic nitrogens is 2. The Morgan fingerprint density at radius 2 is 1.76 bits per heavy atom. The summed E-state index contributed by atoms with van der Waals surface area (Å²) in [5, 5.41) is 9.68. The first-order valence-corrected chi connectivity index (χ1v) is 9.36. The summed E-state index contributed by atoms with van der Waals surface area (Å²) >= 11 is 0. The Morgan fingerprint density at radius 3 is 2.45 bits per heavy atom. The molecular formula is C22H20FN3O3. The predicted molar refractivity (Wildman–Crippen MR) is 105 cm³/mol. The van der Waals surface area contributed by atoms with Gasteiger partial charge in [-0.2, -0.15) is 0 Å². The van der Waals surface area contributed by atoms with E-state index in [4.69, 9.17) is 0 Å². The fourth-order valence-corrected chi connectivity index (χ4v) is 3.89. The Kier molecular flexibility index (Phi) is 4.74. The highest BCUT2D eigenvalue weighted by molar-refractivity contribution is 6.05. The SMILES string of the molecule is Cc1nc2cc(F)cc(C(=O)N3CC(C(=O)O)C(c4ccccc4)C3)c2nc1C. The van der Waals surface area contributed by atoms with Crippen LogP contribution < -0.4 is 0 Å². The third-order valence-electron chi connectivity index (χ3n) is 5.53. The number of hydrogen-bond donors (Lipinski definition) is 1. The Bertz CT molecular complexity index is 1120. The molecule has 3 aromatic rings. The van der Waals surface area contributed by atoms with Gasteiger partial charge in [-0.15, -0.1) is 0 Å². The van der Waals surface area contributed by atoms with Gasteiger partial charge in [-0.3, -0.25) is 9.59 Å². The highest BCUT2D eigenvalue weighted by atomic mass is 19.1. The average molecular weight is 393 g/mol. The maximum absolute atomic E-state index is 14.2. The van der Waals surface area contributed by atoms with Gasteiger partial charge in [0.05, 0.1) is 28.4 Å². The summed E-state index contributed by atoms with van der Waals surface area (Å²) in [4.78, 5) is 35.3. The lowest BCUT2D eigenvalue weighted by Crippen LogP contribution is -2.30. The van der Waals surface area contributed by atoms with E-state index in [9.17, 15) is 19.1 Å². The van der Waals surface area contributed by atoms with Gasteiger partial charge in [-0.25, -0.2) is 14.4 Å². The quantitative estimate of drug-likeness (QED) is 0.738. The second-order valence-corrected chi connectivity index (χ2v) is 7.39. The number of aryl methyl sites for hydroxylation is 2. The summed E-state index contributed by atoms with van der Waals surface area (Å²) in [7, 11) is 0. The van der Waals surface area contributed by atoms with E-state index in [0.717, 1.165) is 11.6 Å². The Balaban J connectivity index is 1.73. The summed E-state index contributed by atoms with van der Waals surface area (Å²) in [5.74, 6) is -3.02. The van der Waals surface area contributed by atoms with Crippen molar-refractivity contribution in [3.05, 3.63) is 70.8 Å². The molecule has 0 aliphatic carbocycles. The molecule has 2 unspecified atom stereocenters. The molecule has 1 aromatic heterocycles. The minimum Gasteiger partial charge on any atom is -0.481 e. The van der Waals surface area contributed by atoms with E-state index in [1.54, 1.807) is 13.8 Å². The summed E-state index contributed by atoms with van der Waals surface area (Å²) in [6, 6.07) is 11.7. The van der Waals surface area contributed by atoms with E-state index in [-0.39, 0.29) is 24.6 Å². The summed E-state index contributed by atoms with van der Waals surface area (Å²) in [5.41, 5.74) is 2.93. The van der Waals surface area contributed by atoms with Crippen LogP contribution in [-0.2, 0) is 4.79 Å². The topological polar surface area (TPSA) is 83.4 Å². The maximum atomic E-state index is 14.2. The van der Waals surface area contributed by atoms with Gasteiger partial charge in [-0.05, 0) is 25.5 Å². The van der Waals surface area contributed by atoms with E-state index < -0.39 is 23.6 Å². The van der Waals surface area contributed by atoms with Crippen molar-refractivity contribution in [2.24, 2.45) is 5.92 Å². The fraction of sp³-hybridized carbons (Fsp3) is 0.273. The van der Waals surface area contributed by atoms with Crippen LogP contribution in [0.4, 0.5) is 4.39 Å². The Morgan fingerprint density at radius 1 is 1.07 bits per heavy atom. The minimum atomic E-state index is -0.954. The largest absolute Gasteiger partial charge is 0.481 e. The fourth-order valence-electron chi connectivity index (χ4n) is 3.89. The number of fused-ring (bicyclic) bond motifs is 1. The summed E-state index contributed by atoms with van der Waals surface area (Å²) in [6.45, 7) is 3.86. The molecule has 2 atom stereocenters. The molecule has 2 heterocycles. The van der Waals surface area contributed by atoms with E-state index in [2.05, 4.69) is 9.97 Å². The zero-order chi connectivity index (χ0) is 20.7. The molecule has 1 fully saturated rings. The lowest BCUT2D eigenvalue weighted by Gasteiger charge is -2.18. The molecule has 1 aliphatic heterocycles. The molecule has 7 heteroatoms. The summed E-state index contributed by atoms with van der Waals surface area (Å²) < 4.78 is 14.2. The monoisotopic (exact) mass is 393 g/mol. The number of halogens is 1. The van der Waals surface area contributed by atoms with Crippen molar-refractivity contribution in [3.8, 4) is 0 Å². The molecule has 2 aromatic carbocycles. The number of nitrogens with zero attached hydrogens (tertiary/aromatic N) is 3. The number of amides is 1. The first kappa shape index (κ1) is 19.0. The van der Waals surface area contributed by atoms with Crippen molar-refractivity contribution in [1.29, 1.82) is 0 Å². The van der Waals surface area contributed by atoms with Crippen molar-refractivity contribution in [2.45, 2.75) is 19.8 Å². The van der Waals surface area contributed by atoms with Crippen LogP contribution in [0.15, 0.2) is 42.5 Å². The average Bonchev–Trinajstić information content (AvgIpc) is 3.15. The molecule has 0 bridgehead atoms. The molecule has 1 N–H and O–H groups in total. The number of carboxylic acid groups (broad SMARTS) is 1. The zero-order valence-corrected chi connectivity index (χ0v) is 16.1. The van der Waals surface area contributed by atoms with Crippen molar-refractivity contribution in [2.75, 3.05) is 13.1 Å². The van der Waals surface area contributed by atoms with E-state index in [0.29, 0.717) is 22.4 Å². The van der Waals surface area contributed by atoms with E-state index in [1.807, 2.05) is 30.3 Å². The highest BCUT2D eigenvalue weighted by Gasteiger charge is 2.41. The van der Waals surface area contributed by atoms with Gasteiger partial charge in [0, 0.05) is 25.1 Å². The standard InChI is InChI=1S/C22H20FN3O3/c1-12-13(2)25-20-16(8-15(23)9-19(20)24-12)21(27)26-10-17(18(11-26)22(28)29)14-6-4-3-5-7-14/h3-9,17-18H,10-11H2,1-2H3,(H,28,29). The predicted octanol–water partition coefficient (Wildman–Crippen LogP) is 3.33. The normalized spacial score (nSPS) is 18.9. The molecular weight excluding hydrogens is 373 g/mol. The molecule has 29 heavy (non-hydrogen) atoms. The molecule has 148 valence electrons. The molecule has 4 rings (SSSR count). The number of aliphatic carboxylic acids is 1. The lowest BCUT2D eigenvalue weighted by atomic mass is 9.89. The Labute approximate surface area is 167 Å². The number of benzene rings is 2. The Hall–Kier alpha value is -3.35. The smallest absolute Gasteiger partial charge is 0.308 e. The van der Waals surface area contributed by atoms with Gasteiger partial charge in [0.15, 0.2) is 0 Å². The molecule has 1 saturated heterocycles. The van der Waals surface area contributed by atoms with Crippen molar-refractivity contribution in [1.82, 2.24) is 14.9 Å². The molecule has 1 aliphatic rings. The lowest BCUT2D eigenvalue weighted by molar-refractivity contribution is -0.141. The van der Waals surface area contributed by atoms with Gasteiger partial charge in [0.1, 0.15) is 11.3 Å². The number of carbonyl (C=O) groups excluding carboxylic acids is 1. The number of carboxylic acids is 1. The van der Waals surface area contributed by atoms with Crippen LogP contribution in [0.3, 0.4) is 0 Å². The van der Waals surface area contributed by atoms with Gasteiger partial charge < -0.3 is 10.0 Å². The molecule has 1 amide bonds. The van der Waals surface area contributed by atoms with Crippen LogP contribution in [-0.4, -0.2) is 44.9 Å². The first-order valence-electron chi connectivity index (χ1n) is 9.36. The van der Waals surface area contributed by atoms with Crippen LogP contribution in [0.1, 0.15) is 33.2 Å². The number of rotatable bonds is 3. The maximum Gasteiger partial charge on any atom is 0.308 e. The van der Waals surface area contributed by atoms with Crippen LogP contribution >= 0.6 is 0 Å². The number of carbonyl (C=O) groups is 2. The van der Waals surface area contributed by atoms with Crippen LogP contribution in [0.25, 0.3) is 11.0 Å². The van der Waals surface area contributed by atoms with Crippen LogP contribution in [0.5, 0.6) is 0 Å². The van der Waals surface area contributed by atoms with Gasteiger partial charge in [0.2, 0.25) is 0 Å².